The largest absolute Gasteiger partial charge is 0.456 e. The number of nitro benzene ring substituents is 1. The number of amides is 2. The zero-order chi connectivity index (χ0) is 22.0. The van der Waals surface area contributed by atoms with Gasteiger partial charge in [-0.2, -0.15) is 4.99 Å². The number of thioether (sulfide) groups is 1. The Hall–Kier alpha value is -3.24. The first-order valence-corrected chi connectivity index (χ1v) is 10.6. The number of hydrogen-bond donors (Lipinski definition) is 1. The Balaban J connectivity index is 1.44. The number of nitro groups is 1. The number of hydrogen-bond acceptors (Lipinski definition) is 7. The van der Waals surface area contributed by atoms with Crippen LogP contribution in [-0.2, 0) is 9.59 Å². The van der Waals surface area contributed by atoms with Crippen LogP contribution in [0, 0.1) is 16.0 Å². The van der Waals surface area contributed by atoms with Gasteiger partial charge in [0, 0.05) is 18.1 Å². The van der Waals surface area contributed by atoms with Crippen molar-refractivity contribution in [2.75, 3.05) is 20.1 Å². The Kier molecular flexibility index (Phi) is 6.01. The minimum atomic E-state index is -0.473. The zero-order valence-electron chi connectivity index (χ0n) is 16.7. The molecule has 1 N–H and O–H groups in total. The average Bonchev–Trinajstić information content (AvgIpc) is 3.35. The summed E-state index contributed by atoms with van der Waals surface area (Å²) in [4.78, 5) is 41.9. The molecule has 0 radical (unpaired) electrons. The van der Waals surface area contributed by atoms with Gasteiger partial charge in [0.2, 0.25) is 5.91 Å². The third-order valence-electron chi connectivity index (χ3n) is 5.21. The fourth-order valence-electron chi connectivity index (χ4n) is 3.49. The molecule has 31 heavy (non-hydrogen) atoms. The molecule has 1 aromatic heterocycles. The molecule has 0 unspecified atom stereocenters. The van der Waals surface area contributed by atoms with Crippen LogP contribution in [0.4, 0.5) is 5.69 Å². The Morgan fingerprint density at radius 2 is 2.03 bits per heavy atom. The summed E-state index contributed by atoms with van der Waals surface area (Å²) in [7, 11) is 2.02. The zero-order valence-corrected chi connectivity index (χ0v) is 17.6. The standard InChI is InChI=1S/C21H20N4O5S/c1-24-10-8-13(9-11-24)19(26)22-21-23-20(27)18(31-21)12-14-6-7-17(30-14)15-4-2-3-5-16(15)25(28)29/h2-7,12-13H,8-11H2,1H3,(H,22,23,26,27)/b18-12-. The number of benzene rings is 1. The van der Waals surface area contributed by atoms with Crippen molar-refractivity contribution < 1.29 is 18.9 Å². The molecule has 0 atom stereocenters. The van der Waals surface area contributed by atoms with Crippen molar-refractivity contribution in [1.82, 2.24) is 10.2 Å². The van der Waals surface area contributed by atoms with Gasteiger partial charge in [-0.3, -0.25) is 19.7 Å². The van der Waals surface area contributed by atoms with Crippen molar-refractivity contribution in [1.29, 1.82) is 0 Å². The van der Waals surface area contributed by atoms with E-state index < -0.39 is 10.8 Å². The smallest absolute Gasteiger partial charge is 0.286 e. The number of rotatable bonds is 4. The van der Waals surface area contributed by atoms with Crippen molar-refractivity contribution >= 4 is 40.5 Å². The summed E-state index contributed by atoms with van der Waals surface area (Å²) in [6.45, 7) is 1.73. The summed E-state index contributed by atoms with van der Waals surface area (Å²) in [5.41, 5.74) is 0.287. The van der Waals surface area contributed by atoms with Crippen LogP contribution in [0.5, 0.6) is 0 Å². The van der Waals surface area contributed by atoms with E-state index in [-0.39, 0.29) is 22.7 Å². The number of aliphatic imine (C=N–C) groups is 1. The summed E-state index contributed by atoms with van der Waals surface area (Å²) in [6.07, 6.45) is 3.07. The van der Waals surface area contributed by atoms with Crippen molar-refractivity contribution in [2.24, 2.45) is 10.9 Å². The van der Waals surface area contributed by atoms with E-state index in [1.807, 2.05) is 7.05 Å². The fraction of sp³-hybridized carbons (Fsp3) is 0.286. The second-order valence-electron chi connectivity index (χ2n) is 7.38. The number of para-hydroxylation sites is 1. The number of furan rings is 1. The summed E-state index contributed by atoms with van der Waals surface area (Å²) in [5, 5.41) is 14.2. The van der Waals surface area contributed by atoms with E-state index in [0.717, 1.165) is 37.7 Å². The summed E-state index contributed by atoms with van der Waals surface area (Å²) in [6, 6.07) is 9.51. The average molecular weight is 440 g/mol. The highest BCUT2D eigenvalue weighted by molar-refractivity contribution is 8.18. The number of likely N-dealkylation sites (tertiary alicyclic amines) is 1. The van der Waals surface area contributed by atoms with Gasteiger partial charge in [-0.25, -0.2) is 0 Å². The van der Waals surface area contributed by atoms with Gasteiger partial charge in [-0.05, 0) is 62.9 Å². The van der Waals surface area contributed by atoms with Gasteiger partial charge in [-0.15, -0.1) is 0 Å². The van der Waals surface area contributed by atoms with Crippen LogP contribution in [0.1, 0.15) is 18.6 Å². The first-order chi connectivity index (χ1) is 14.9. The molecule has 1 saturated heterocycles. The molecule has 0 spiro atoms. The van der Waals surface area contributed by atoms with Crippen molar-refractivity contribution in [3.8, 4) is 11.3 Å². The predicted molar refractivity (Wildman–Crippen MR) is 117 cm³/mol. The van der Waals surface area contributed by atoms with E-state index >= 15 is 0 Å². The molecule has 2 amide bonds. The summed E-state index contributed by atoms with van der Waals surface area (Å²) < 4.78 is 5.70. The lowest BCUT2D eigenvalue weighted by molar-refractivity contribution is -0.384. The second kappa shape index (κ2) is 8.86. The van der Waals surface area contributed by atoms with E-state index in [4.69, 9.17) is 4.42 Å². The molecule has 0 saturated carbocycles. The number of amidine groups is 1. The molecule has 2 aliphatic heterocycles. The van der Waals surface area contributed by atoms with Gasteiger partial charge < -0.3 is 14.6 Å². The van der Waals surface area contributed by atoms with Crippen LogP contribution in [0.25, 0.3) is 17.4 Å². The van der Waals surface area contributed by atoms with Crippen molar-refractivity contribution in [3.05, 3.63) is 57.2 Å². The van der Waals surface area contributed by atoms with E-state index in [2.05, 4.69) is 15.2 Å². The maximum atomic E-state index is 12.5. The molecule has 0 aliphatic carbocycles. The Bertz CT molecular complexity index is 1100. The number of piperidine rings is 1. The van der Waals surface area contributed by atoms with Gasteiger partial charge in [-0.1, -0.05) is 12.1 Å². The topological polar surface area (TPSA) is 118 Å². The lowest BCUT2D eigenvalue weighted by atomic mass is 9.96. The molecule has 10 heteroatoms. The van der Waals surface area contributed by atoms with E-state index in [1.165, 1.54) is 12.1 Å². The Morgan fingerprint density at radius 3 is 2.77 bits per heavy atom. The van der Waals surface area contributed by atoms with Crippen LogP contribution in [0.15, 0.2) is 50.7 Å². The number of nitrogens with zero attached hydrogens (tertiary/aromatic N) is 3. The summed E-state index contributed by atoms with van der Waals surface area (Å²) >= 11 is 1.07. The molecule has 2 aromatic rings. The molecule has 1 fully saturated rings. The van der Waals surface area contributed by atoms with E-state index in [0.29, 0.717) is 22.0 Å². The lowest BCUT2D eigenvalue weighted by Crippen LogP contribution is -2.40. The lowest BCUT2D eigenvalue weighted by Gasteiger charge is -2.27. The SMILES string of the molecule is CN1CCC(C(=O)NC2=NC(=O)/C(=C/c3ccc(-c4ccccc4[N+](=O)[O-])o3)S2)CC1. The first-order valence-electron chi connectivity index (χ1n) is 9.76. The molecular formula is C21H20N4O5S. The normalized spacial score (nSPS) is 18.9. The maximum Gasteiger partial charge on any atom is 0.286 e. The third-order valence-corrected chi connectivity index (χ3v) is 6.11. The van der Waals surface area contributed by atoms with E-state index in [1.54, 1.807) is 30.3 Å². The molecule has 9 nitrogen and oxygen atoms in total. The maximum absolute atomic E-state index is 12.5. The Morgan fingerprint density at radius 1 is 1.29 bits per heavy atom. The number of carbonyl (C=O) groups excluding carboxylic acids is 2. The Labute approximate surface area is 182 Å². The minimum Gasteiger partial charge on any atom is -0.456 e. The van der Waals surface area contributed by atoms with Crippen LogP contribution < -0.4 is 5.32 Å². The van der Waals surface area contributed by atoms with Crippen LogP contribution >= 0.6 is 11.8 Å². The van der Waals surface area contributed by atoms with Crippen molar-refractivity contribution in [2.45, 2.75) is 12.8 Å². The monoisotopic (exact) mass is 440 g/mol. The van der Waals surface area contributed by atoms with Gasteiger partial charge in [0.15, 0.2) is 5.17 Å². The molecule has 1 aromatic carbocycles. The third kappa shape index (κ3) is 4.75. The summed E-state index contributed by atoms with van der Waals surface area (Å²) in [5.74, 6) is 0.0164. The quantitative estimate of drug-likeness (QED) is 0.440. The minimum absolute atomic E-state index is 0.0652. The van der Waals surface area contributed by atoms with Gasteiger partial charge in [0.25, 0.3) is 11.6 Å². The molecular weight excluding hydrogens is 420 g/mol. The van der Waals surface area contributed by atoms with Gasteiger partial charge in [0.05, 0.1) is 15.4 Å². The molecule has 0 bridgehead atoms. The number of nitrogens with one attached hydrogen (secondary N) is 1. The van der Waals surface area contributed by atoms with Crippen LogP contribution in [-0.4, -0.2) is 46.9 Å². The predicted octanol–water partition coefficient (Wildman–Crippen LogP) is 3.28. The van der Waals surface area contributed by atoms with Crippen LogP contribution in [0.3, 0.4) is 0 Å². The molecule has 4 rings (SSSR count). The van der Waals surface area contributed by atoms with Gasteiger partial charge in [0.1, 0.15) is 11.5 Å². The molecule has 3 heterocycles. The highest BCUT2D eigenvalue weighted by Crippen LogP contribution is 2.33. The highest BCUT2D eigenvalue weighted by atomic mass is 32.2. The highest BCUT2D eigenvalue weighted by Gasteiger charge is 2.28. The fourth-order valence-corrected chi connectivity index (χ4v) is 4.28. The molecule has 160 valence electrons. The van der Waals surface area contributed by atoms with Gasteiger partial charge >= 0.3 is 0 Å². The van der Waals surface area contributed by atoms with E-state index in [9.17, 15) is 19.7 Å². The van der Waals surface area contributed by atoms with Crippen molar-refractivity contribution in [3.63, 3.8) is 0 Å². The first kappa shape index (κ1) is 21.0. The van der Waals surface area contributed by atoms with Crippen LogP contribution in [0.2, 0.25) is 0 Å². The molecule has 2 aliphatic rings. The number of carbonyl (C=O) groups is 2. The second-order valence-corrected chi connectivity index (χ2v) is 8.41.